The standard InChI is InChI=1S/C23H31N5O3/c1-23(2,3)20(22(30)27-13-15-31-16-14-27)25-21(29)19-17-9-5-6-10-18(17)28(26-19)12-8-4-7-11-24/h5-6,9-10,20H,4,7-8,12-16H2,1-3H3,(H,25,29)/t20-/m1/s1. The van der Waals surface area contributed by atoms with Gasteiger partial charge in [-0.3, -0.25) is 14.3 Å². The van der Waals surface area contributed by atoms with Crippen LogP contribution in [-0.4, -0.2) is 58.8 Å². The Kier molecular flexibility index (Phi) is 7.29. The molecule has 3 rings (SSSR count). The number of nitriles is 1. The summed E-state index contributed by atoms with van der Waals surface area (Å²) in [6.45, 7) is 8.55. The summed E-state index contributed by atoms with van der Waals surface area (Å²) < 4.78 is 7.17. The lowest BCUT2D eigenvalue weighted by Crippen LogP contribution is -2.56. The first kappa shape index (κ1) is 22.8. The molecule has 2 heterocycles. The fourth-order valence-electron chi connectivity index (χ4n) is 3.75. The number of ether oxygens (including phenoxy) is 1. The Labute approximate surface area is 183 Å². The fourth-order valence-corrected chi connectivity index (χ4v) is 3.75. The molecule has 0 bridgehead atoms. The topological polar surface area (TPSA) is 100 Å². The number of hydrogen-bond donors (Lipinski definition) is 1. The second kappa shape index (κ2) is 9.92. The van der Waals surface area contributed by atoms with Crippen molar-refractivity contribution in [3.05, 3.63) is 30.0 Å². The molecule has 0 unspecified atom stereocenters. The molecule has 2 amide bonds. The number of nitrogens with one attached hydrogen (secondary N) is 1. The number of amides is 2. The van der Waals surface area contributed by atoms with Crippen molar-refractivity contribution >= 4 is 22.7 Å². The van der Waals surface area contributed by atoms with Crippen molar-refractivity contribution in [2.75, 3.05) is 26.3 Å². The van der Waals surface area contributed by atoms with E-state index >= 15 is 0 Å². The van der Waals surface area contributed by atoms with Crippen LogP contribution in [0, 0.1) is 16.7 Å². The monoisotopic (exact) mass is 425 g/mol. The molecule has 1 aromatic heterocycles. The van der Waals surface area contributed by atoms with Gasteiger partial charge in [0, 0.05) is 31.4 Å². The summed E-state index contributed by atoms with van der Waals surface area (Å²) in [4.78, 5) is 28.2. The van der Waals surface area contributed by atoms with Crippen molar-refractivity contribution < 1.29 is 14.3 Å². The van der Waals surface area contributed by atoms with Gasteiger partial charge >= 0.3 is 0 Å². The van der Waals surface area contributed by atoms with E-state index in [2.05, 4.69) is 16.5 Å². The van der Waals surface area contributed by atoms with Crippen LogP contribution < -0.4 is 5.32 Å². The molecule has 1 aliphatic rings. The van der Waals surface area contributed by atoms with Gasteiger partial charge < -0.3 is 15.0 Å². The van der Waals surface area contributed by atoms with Crippen molar-refractivity contribution in [1.29, 1.82) is 5.26 Å². The number of hydrogen-bond acceptors (Lipinski definition) is 5. The van der Waals surface area contributed by atoms with Crippen LogP contribution >= 0.6 is 0 Å². The predicted molar refractivity (Wildman–Crippen MR) is 117 cm³/mol. The molecule has 0 radical (unpaired) electrons. The van der Waals surface area contributed by atoms with E-state index in [4.69, 9.17) is 10.00 Å². The molecule has 31 heavy (non-hydrogen) atoms. The molecule has 2 aromatic rings. The number of rotatable bonds is 7. The minimum atomic E-state index is -0.669. The number of unbranched alkanes of at least 4 members (excludes halogenated alkanes) is 2. The third-order valence-corrected chi connectivity index (χ3v) is 5.49. The zero-order valence-electron chi connectivity index (χ0n) is 18.6. The summed E-state index contributed by atoms with van der Waals surface area (Å²) in [6.07, 6.45) is 2.09. The van der Waals surface area contributed by atoms with Crippen LogP contribution in [0.1, 0.15) is 50.5 Å². The van der Waals surface area contributed by atoms with Crippen LogP contribution in [0.15, 0.2) is 24.3 Å². The van der Waals surface area contributed by atoms with Gasteiger partial charge in [0.15, 0.2) is 5.69 Å². The number of carbonyl (C=O) groups excluding carboxylic acids is 2. The molecule has 1 saturated heterocycles. The average Bonchev–Trinajstić information content (AvgIpc) is 3.13. The first-order chi connectivity index (χ1) is 14.8. The van der Waals surface area contributed by atoms with E-state index in [1.165, 1.54) is 0 Å². The highest BCUT2D eigenvalue weighted by molar-refractivity contribution is 6.06. The van der Waals surface area contributed by atoms with Crippen LogP contribution in [0.4, 0.5) is 0 Å². The Morgan fingerprint density at radius 1 is 1.23 bits per heavy atom. The summed E-state index contributed by atoms with van der Waals surface area (Å²) in [7, 11) is 0. The lowest BCUT2D eigenvalue weighted by Gasteiger charge is -2.36. The van der Waals surface area contributed by atoms with Crippen LogP contribution in [0.3, 0.4) is 0 Å². The number of aryl methyl sites for hydroxylation is 1. The largest absolute Gasteiger partial charge is 0.378 e. The van der Waals surface area contributed by atoms with E-state index < -0.39 is 11.5 Å². The molecule has 0 saturated carbocycles. The van der Waals surface area contributed by atoms with E-state index in [-0.39, 0.29) is 11.8 Å². The molecule has 166 valence electrons. The van der Waals surface area contributed by atoms with Gasteiger partial charge in [-0.15, -0.1) is 0 Å². The highest BCUT2D eigenvalue weighted by Gasteiger charge is 2.37. The van der Waals surface area contributed by atoms with E-state index in [1.54, 1.807) is 4.90 Å². The maximum atomic E-state index is 13.3. The number of morpholine rings is 1. The van der Waals surface area contributed by atoms with E-state index in [0.717, 1.165) is 23.7 Å². The molecule has 1 fully saturated rings. The van der Waals surface area contributed by atoms with Gasteiger partial charge in [-0.1, -0.05) is 39.0 Å². The second-order valence-corrected chi connectivity index (χ2v) is 8.91. The van der Waals surface area contributed by atoms with Crippen molar-refractivity contribution in [3.63, 3.8) is 0 Å². The maximum absolute atomic E-state index is 13.3. The number of aromatic nitrogens is 2. The molecule has 1 aliphatic heterocycles. The Morgan fingerprint density at radius 3 is 2.61 bits per heavy atom. The zero-order valence-corrected chi connectivity index (χ0v) is 18.6. The summed E-state index contributed by atoms with van der Waals surface area (Å²) in [5.74, 6) is -0.446. The highest BCUT2D eigenvalue weighted by Crippen LogP contribution is 2.24. The van der Waals surface area contributed by atoms with Crippen LogP contribution in [0.25, 0.3) is 10.9 Å². The van der Waals surface area contributed by atoms with Crippen molar-refractivity contribution in [2.45, 2.75) is 52.6 Å². The zero-order chi connectivity index (χ0) is 22.4. The number of carbonyl (C=O) groups is 2. The van der Waals surface area contributed by atoms with Crippen molar-refractivity contribution in [3.8, 4) is 6.07 Å². The number of nitrogens with zero attached hydrogens (tertiary/aromatic N) is 4. The molecule has 1 aromatic carbocycles. The molecular formula is C23H31N5O3. The first-order valence-corrected chi connectivity index (χ1v) is 10.8. The molecule has 8 heteroatoms. The summed E-state index contributed by atoms with van der Waals surface area (Å²) in [5, 5.41) is 17.0. The van der Waals surface area contributed by atoms with Gasteiger partial charge in [-0.25, -0.2) is 0 Å². The summed E-state index contributed by atoms with van der Waals surface area (Å²) >= 11 is 0. The third-order valence-electron chi connectivity index (χ3n) is 5.49. The lowest BCUT2D eigenvalue weighted by molar-refractivity contribution is -0.139. The number of para-hydroxylation sites is 1. The van der Waals surface area contributed by atoms with Gasteiger partial charge in [0.25, 0.3) is 5.91 Å². The Morgan fingerprint density at radius 2 is 1.94 bits per heavy atom. The predicted octanol–water partition coefficient (Wildman–Crippen LogP) is 2.73. The number of fused-ring (bicyclic) bond motifs is 1. The normalized spacial score (nSPS) is 15.5. The molecular weight excluding hydrogens is 394 g/mol. The molecule has 0 spiro atoms. The SMILES string of the molecule is CC(C)(C)[C@H](NC(=O)c1nn(CCCCC#N)c2ccccc12)C(=O)N1CCOCC1. The average molecular weight is 426 g/mol. The summed E-state index contributed by atoms with van der Waals surface area (Å²) in [6, 6.07) is 9.08. The van der Waals surface area contributed by atoms with Gasteiger partial charge in [-0.2, -0.15) is 10.4 Å². The minimum Gasteiger partial charge on any atom is -0.378 e. The van der Waals surface area contributed by atoms with Gasteiger partial charge in [0.1, 0.15) is 6.04 Å². The quantitative estimate of drug-likeness (QED) is 0.688. The van der Waals surface area contributed by atoms with Gasteiger partial charge in [0.2, 0.25) is 5.91 Å². The maximum Gasteiger partial charge on any atom is 0.273 e. The fraction of sp³-hybridized carbons (Fsp3) is 0.565. The molecule has 8 nitrogen and oxygen atoms in total. The van der Waals surface area contributed by atoms with Crippen LogP contribution in [0.2, 0.25) is 0 Å². The Balaban J connectivity index is 1.83. The van der Waals surface area contributed by atoms with E-state index in [1.807, 2.05) is 49.7 Å². The van der Waals surface area contributed by atoms with E-state index in [9.17, 15) is 9.59 Å². The van der Waals surface area contributed by atoms with Crippen molar-refractivity contribution in [2.24, 2.45) is 5.41 Å². The third kappa shape index (κ3) is 5.42. The second-order valence-electron chi connectivity index (χ2n) is 8.91. The van der Waals surface area contributed by atoms with Gasteiger partial charge in [0.05, 0.1) is 24.8 Å². The van der Waals surface area contributed by atoms with Crippen molar-refractivity contribution in [1.82, 2.24) is 20.0 Å². The Bertz CT molecular complexity index is 964. The summed E-state index contributed by atoms with van der Waals surface area (Å²) in [5.41, 5.74) is 0.733. The first-order valence-electron chi connectivity index (χ1n) is 10.8. The van der Waals surface area contributed by atoms with Crippen LogP contribution in [0.5, 0.6) is 0 Å². The lowest BCUT2D eigenvalue weighted by atomic mass is 9.85. The highest BCUT2D eigenvalue weighted by atomic mass is 16.5. The molecule has 0 aliphatic carbocycles. The molecule has 1 atom stereocenters. The van der Waals surface area contributed by atoms with Gasteiger partial charge in [-0.05, 0) is 24.3 Å². The molecule has 1 N–H and O–H groups in total. The minimum absolute atomic E-state index is 0.0932. The smallest absolute Gasteiger partial charge is 0.273 e. The number of benzene rings is 1. The van der Waals surface area contributed by atoms with Crippen LogP contribution in [-0.2, 0) is 16.1 Å². The Hall–Kier alpha value is -2.92. The van der Waals surface area contributed by atoms with E-state index in [0.29, 0.717) is 45.0 Å².